The van der Waals surface area contributed by atoms with Crippen molar-refractivity contribution in [2.45, 2.75) is 44.9 Å². The Hall–Kier alpha value is -0.820. The largest absolute Gasteiger partial charge is 0.144 e. The van der Waals surface area contributed by atoms with Crippen molar-refractivity contribution in [1.29, 1.82) is 0 Å². The molecule has 0 amide bonds. The molecule has 17 heavy (non-hydrogen) atoms. The van der Waals surface area contributed by atoms with Gasteiger partial charge in [0.2, 0.25) is 0 Å². The van der Waals surface area contributed by atoms with Crippen molar-refractivity contribution in [2.75, 3.05) is 0 Å². The Balaban J connectivity index is 1.63. The summed E-state index contributed by atoms with van der Waals surface area (Å²) in [6, 6.07) is 9.23. The van der Waals surface area contributed by atoms with E-state index in [0.29, 0.717) is 0 Å². The molecule has 1 heteroatoms. The zero-order chi connectivity index (χ0) is 11.5. The van der Waals surface area contributed by atoms with Crippen molar-refractivity contribution < 1.29 is 0 Å². The minimum absolute atomic E-state index is 1.00. The third-order valence-corrected chi connectivity index (χ3v) is 4.98. The average molecular weight is 244 g/mol. The minimum Gasteiger partial charge on any atom is -0.144 e. The first kappa shape index (κ1) is 11.3. The number of rotatable bonds is 3. The molecule has 1 fully saturated rings. The summed E-state index contributed by atoms with van der Waals surface area (Å²) < 4.78 is 1.42. The Bertz CT molecular complexity index is 477. The van der Waals surface area contributed by atoms with Crippen LogP contribution in [0, 0.1) is 5.92 Å². The van der Waals surface area contributed by atoms with E-state index in [1.807, 2.05) is 11.3 Å². The normalized spacial score (nSPS) is 17.6. The fourth-order valence-corrected chi connectivity index (χ4v) is 3.79. The van der Waals surface area contributed by atoms with E-state index in [4.69, 9.17) is 0 Å². The predicted octanol–water partition coefficient (Wildman–Crippen LogP) is 5.41. The molecular weight excluding hydrogens is 224 g/mol. The van der Waals surface area contributed by atoms with Gasteiger partial charge >= 0.3 is 0 Å². The van der Waals surface area contributed by atoms with Gasteiger partial charge < -0.3 is 0 Å². The highest BCUT2D eigenvalue weighted by molar-refractivity contribution is 7.17. The highest BCUT2D eigenvalue weighted by Crippen LogP contribution is 2.28. The molecule has 0 N–H and O–H groups in total. The van der Waals surface area contributed by atoms with Crippen LogP contribution in [0.2, 0.25) is 0 Å². The summed E-state index contributed by atoms with van der Waals surface area (Å²) in [7, 11) is 0. The Morgan fingerprint density at radius 1 is 1.06 bits per heavy atom. The van der Waals surface area contributed by atoms with E-state index in [9.17, 15) is 0 Å². The van der Waals surface area contributed by atoms with Crippen LogP contribution in [0.1, 0.15) is 44.1 Å². The maximum Gasteiger partial charge on any atom is 0.0342 e. The third-order valence-electron chi connectivity index (χ3n) is 4.08. The van der Waals surface area contributed by atoms with E-state index in [2.05, 4.69) is 29.6 Å². The van der Waals surface area contributed by atoms with Gasteiger partial charge in [0.15, 0.2) is 0 Å². The Kier molecular flexibility index (Phi) is 3.46. The van der Waals surface area contributed by atoms with Crippen LogP contribution in [0.15, 0.2) is 29.6 Å². The first-order valence-electron chi connectivity index (χ1n) is 6.88. The van der Waals surface area contributed by atoms with Crippen molar-refractivity contribution in [3.8, 4) is 0 Å². The second-order valence-electron chi connectivity index (χ2n) is 5.34. The lowest BCUT2D eigenvalue weighted by Gasteiger charge is -2.21. The quantitative estimate of drug-likeness (QED) is 0.677. The topological polar surface area (TPSA) is 0 Å². The zero-order valence-corrected chi connectivity index (χ0v) is 11.1. The SMILES string of the molecule is c1cc2cc(CCC3CCCCC3)ccc2s1. The van der Waals surface area contributed by atoms with Crippen molar-refractivity contribution in [3.05, 3.63) is 35.2 Å². The molecule has 0 nitrogen and oxygen atoms in total. The summed E-state index contributed by atoms with van der Waals surface area (Å²) in [4.78, 5) is 0. The molecule has 3 rings (SSSR count). The van der Waals surface area contributed by atoms with Crippen molar-refractivity contribution in [1.82, 2.24) is 0 Å². The lowest BCUT2D eigenvalue weighted by Crippen LogP contribution is -2.07. The van der Waals surface area contributed by atoms with Gasteiger partial charge in [0, 0.05) is 4.70 Å². The summed E-state index contributed by atoms with van der Waals surface area (Å²) in [6.07, 6.45) is 10.0. The van der Waals surface area contributed by atoms with Crippen molar-refractivity contribution in [2.24, 2.45) is 5.92 Å². The molecule has 1 aromatic carbocycles. The van der Waals surface area contributed by atoms with E-state index in [-0.39, 0.29) is 0 Å². The molecule has 0 unspecified atom stereocenters. The maximum absolute atomic E-state index is 2.38. The molecule has 0 atom stereocenters. The van der Waals surface area contributed by atoms with Gasteiger partial charge in [0.05, 0.1) is 0 Å². The fraction of sp³-hybridized carbons (Fsp3) is 0.500. The van der Waals surface area contributed by atoms with E-state index in [0.717, 1.165) is 5.92 Å². The summed E-state index contributed by atoms with van der Waals surface area (Å²) in [5.41, 5.74) is 1.53. The minimum atomic E-state index is 1.00. The number of fused-ring (bicyclic) bond motifs is 1. The van der Waals surface area contributed by atoms with Gasteiger partial charge in [0.1, 0.15) is 0 Å². The Morgan fingerprint density at radius 2 is 1.94 bits per heavy atom. The third kappa shape index (κ3) is 2.71. The van der Waals surface area contributed by atoms with Crippen LogP contribution in [0.4, 0.5) is 0 Å². The van der Waals surface area contributed by atoms with Gasteiger partial charge in [-0.2, -0.15) is 0 Å². The predicted molar refractivity (Wildman–Crippen MR) is 76.7 cm³/mol. The molecule has 1 aromatic heterocycles. The number of thiophene rings is 1. The van der Waals surface area contributed by atoms with Crippen LogP contribution >= 0.6 is 11.3 Å². The van der Waals surface area contributed by atoms with Crippen LogP contribution in [0.25, 0.3) is 10.1 Å². The lowest BCUT2D eigenvalue weighted by molar-refractivity contribution is 0.339. The highest BCUT2D eigenvalue weighted by Gasteiger charge is 2.13. The molecule has 0 spiro atoms. The van der Waals surface area contributed by atoms with Crippen LogP contribution in [0.3, 0.4) is 0 Å². The molecule has 1 heterocycles. The Morgan fingerprint density at radius 3 is 2.82 bits per heavy atom. The van der Waals surface area contributed by atoms with Crippen LogP contribution in [0.5, 0.6) is 0 Å². The summed E-state index contributed by atoms with van der Waals surface area (Å²) in [5.74, 6) is 1.00. The summed E-state index contributed by atoms with van der Waals surface area (Å²) >= 11 is 1.84. The van der Waals surface area contributed by atoms with E-state index in [1.54, 1.807) is 0 Å². The number of hydrogen-bond donors (Lipinski definition) is 0. The molecule has 0 aliphatic heterocycles. The smallest absolute Gasteiger partial charge is 0.0342 e. The summed E-state index contributed by atoms with van der Waals surface area (Å²) in [6.45, 7) is 0. The standard InChI is InChI=1S/C16H20S/c1-2-4-13(5-3-1)6-7-14-8-9-16-15(12-14)10-11-17-16/h8-13H,1-7H2. The molecular formula is C16H20S. The molecule has 0 bridgehead atoms. The molecule has 0 radical (unpaired) electrons. The van der Waals surface area contributed by atoms with Gasteiger partial charge in [-0.3, -0.25) is 0 Å². The molecule has 90 valence electrons. The van der Waals surface area contributed by atoms with Crippen LogP contribution in [-0.2, 0) is 6.42 Å². The van der Waals surface area contributed by atoms with Gasteiger partial charge in [-0.05, 0) is 47.2 Å². The van der Waals surface area contributed by atoms with Gasteiger partial charge in [-0.15, -0.1) is 11.3 Å². The first-order chi connectivity index (χ1) is 8.42. The monoisotopic (exact) mass is 244 g/mol. The average Bonchev–Trinajstić information content (AvgIpc) is 2.85. The highest BCUT2D eigenvalue weighted by atomic mass is 32.1. The zero-order valence-electron chi connectivity index (χ0n) is 10.3. The molecule has 2 aromatic rings. The second kappa shape index (κ2) is 5.22. The van der Waals surface area contributed by atoms with E-state index >= 15 is 0 Å². The van der Waals surface area contributed by atoms with Crippen molar-refractivity contribution in [3.63, 3.8) is 0 Å². The van der Waals surface area contributed by atoms with Crippen LogP contribution in [-0.4, -0.2) is 0 Å². The number of benzene rings is 1. The molecule has 1 aliphatic rings. The fourth-order valence-electron chi connectivity index (χ4n) is 3.02. The van der Waals surface area contributed by atoms with Gasteiger partial charge in [-0.25, -0.2) is 0 Å². The molecule has 1 saturated carbocycles. The van der Waals surface area contributed by atoms with E-state index in [1.165, 1.54) is 60.6 Å². The molecule has 0 saturated heterocycles. The van der Waals surface area contributed by atoms with Crippen molar-refractivity contribution >= 4 is 21.4 Å². The number of aryl methyl sites for hydroxylation is 1. The molecule has 1 aliphatic carbocycles. The van der Waals surface area contributed by atoms with Gasteiger partial charge in [-0.1, -0.05) is 44.2 Å². The second-order valence-corrected chi connectivity index (χ2v) is 6.28. The maximum atomic E-state index is 2.38. The first-order valence-corrected chi connectivity index (χ1v) is 7.76. The van der Waals surface area contributed by atoms with Gasteiger partial charge in [0.25, 0.3) is 0 Å². The van der Waals surface area contributed by atoms with Crippen LogP contribution < -0.4 is 0 Å². The Labute approximate surface area is 108 Å². The lowest BCUT2D eigenvalue weighted by atomic mass is 9.85. The summed E-state index contributed by atoms with van der Waals surface area (Å²) in [5, 5.41) is 3.62. The van der Waals surface area contributed by atoms with E-state index < -0.39 is 0 Å². The number of hydrogen-bond acceptors (Lipinski definition) is 1.